The first kappa shape index (κ1) is 17.3. The Kier molecular flexibility index (Phi) is 5.78. The summed E-state index contributed by atoms with van der Waals surface area (Å²) in [4.78, 5) is 14.4. The van der Waals surface area contributed by atoms with Crippen molar-refractivity contribution in [3.05, 3.63) is 41.5 Å². The average Bonchev–Trinajstić information content (AvgIpc) is 2.60. The summed E-state index contributed by atoms with van der Waals surface area (Å²) in [5, 5.41) is 19.4. The Balaban J connectivity index is 2.55. The second kappa shape index (κ2) is 8.00. The van der Waals surface area contributed by atoms with Crippen LogP contribution in [0.3, 0.4) is 0 Å². The zero-order chi connectivity index (χ0) is 17.5. The Morgan fingerprint density at radius 1 is 1.25 bits per heavy atom. The number of pyridine rings is 1. The molecule has 6 nitrogen and oxygen atoms in total. The molecule has 0 radical (unpaired) electrons. The summed E-state index contributed by atoms with van der Waals surface area (Å²) in [5.74, 6) is -0.191. The molecule has 1 aromatic heterocycles. The Labute approximate surface area is 143 Å². The van der Waals surface area contributed by atoms with Gasteiger partial charge in [0.05, 0.1) is 12.4 Å². The highest BCUT2D eigenvalue weighted by atomic mass is 32.2. The van der Waals surface area contributed by atoms with E-state index in [1.165, 1.54) is 0 Å². The first-order chi connectivity index (χ1) is 11.6. The number of thioether (sulfide) groups is 1. The quantitative estimate of drug-likeness (QED) is 0.659. The van der Waals surface area contributed by atoms with Crippen LogP contribution >= 0.6 is 11.8 Å². The highest BCUT2D eigenvalue weighted by Gasteiger charge is 2.24. The van der Waals surface area contributed by atoms with Crippen LogP contribution in [0.25, 0.3) is 11.1 Å². The molecule has 0 aliphatic carbocycles. The van der Waals surface area contributed by atoms with Gasteiger partial charge in [0.2, 0.25) is 0 Å². The maximum absolute atomic E-state index is 11.6. The maximum Gasteiger partial charge on any atom is 0.316 e. The van der Waals surface area contributed by atoms with Crippen molar-refractivity contribution in [2.45, 2.75) is 11.9 Å². The Hall–Kier alpha value is -3.03. The third-order valence-electron chi connectivity index (χ3n) is 3.17. The molecule has 3 N–H and O–H groups in total. The van der Waals surface area contributed by atoms with Gasteiger partial charge in [-0.25, -0.2) is 4.98 Å². The van der Waals surface area contributed by atoms with Crippen LogP contribution in [-0.2, 0) is 9.53 Å². The zero-order valence-electron chi connectivity index (χ0n) is 13.0. The Bertz CT molecular complexity index is 838. The van der Waals surface area contributed by atoms with Gasteiger partial charge < -0.3 is 4.74 Å². The number of esters is 1. The van der Waals surface area contributed by atoms with Gasteiger partial charge in [-0.3, -0.25) is 10.5 Å². The van der Waals surface area contributed by atoms with Crippen molar-refractivity contribution in [2.24, 2.45) is 0 Å². The topological polar surface area (TPSA) is 114 Å². The molecule has 2 aromatic rings. The first-order valence-electron chi connectivity index (χ1n) is 7.15. The SMILES string of the molecule is CCOC(=O)CSc1[nH+]c(N)c(C#N)c(-c2ccccc2)c1C#N. The number of aromatic nitrogens is 1. The summed E-state index contributed by atoms with van der Waals surface area (Å²) in [6.45, 7) is 2.02. The normalized spacial score (nSPS) is 9.79. The first-order valence-corrected chi connectivity index (χ1v) is 8.13. The van der Waals surface area contributed by atoms with E-state index in [1.807, 2.05) is 24.3 Å². The molecule has 2 rings (SSSR count). The molecular formula is C17H15N4O2S+. The van der Waals surface area contributed by atoms with Crippen molar-refractivity contribution < 1.29 is 14.5 Å². The third kappa shape index (κ3) is 3.65. The maximum atomic E-state index is 11.6. The summed E-state index contributed by atoms with van der Waals surface area (Å²) in [6, 6.07) is 13.2. The lowest BCUT2D eigenvalue weighted by Gasteiger charge is -2.10. The van der Waals surface area contributed by atoms with Gasteiger partial charge in [0.1, 0.15) is 23.3 Å². The van der Waals surface area contributed by atoms with Crippen LogP contribution in [0.4, 0.5) is 5.82 Å². The van der Waals surface area contributed by atoms with Crippen LogP contribution < -0.4 is 10.7 Å². The fourth-order valence-corrected chi connectivity index (χ4v) is 3.00. The number of nitriles is 2. The van der Waals surface area contributed by atoms with Gasteiger partial charge in [-0.2, -0.15) is 10.5 Å². The highest BCUT2D eigenvalue weighted by Crippen LogP contribution is 2.33. The van der Waals surface area contributed by atoms with Crippen LogP contribution in [0.2, 0.25) is 0 Å². The van der Waals surface area contributed by atoms with Gasteiger partial charge in [-0.15, -0.1) is 0 Å². The largest absolute Gasteiger partial charge is 0.465 e. The van der Waals surface area contributed by atoms with E-state index in [0.717, 1.165) is 11.8 Å². The van der Waals surface area contributed by atoms with Crippen molar-refractivity contribution in [1.29, 1.82) is 10.5 Å². The molecule has 0 fully saturated rings. The molecule has 120 valence electrons. The molecule has 1 heterocycles. The summed E-state index contributed by atoms with van der Waals surface area (Å²) in [7, 11) is 0. The van der Waals surface area contributed by atoms with Crippen molar-refractivity contribution >= 4 is 23.5 Å². The number of ether oxygens (including phenoxy) is 1. The van der Waals surface area contributed by atoms with Crippen molar-refractivity contribution in [1.82, 2.24) is 0 Å². The molecule has 0 atom stereocenters. The predicted molar refractivity (Wildman–Crippen MR) is 89.6 cm³/mol. The molecule has 0 aliphatic heterocycles. The van der Waals surface area contributed by atoms with Crippen molar-refractivity contribution in [3.8, 4) is 23.3 Å². The number of hydrogen-bond donors (Lipinski definition) is 1. The molecule has 0 bridgehead atoms. The second-order valence-electron chi connectivity index (χ2n) is 4.68. The number of carbonyl (C=O) groups excluding carboxylic acids is 1. The molecule has 7 heteroatoms. The summed E-state index contributed by atoms with van der Waals surface area (Å²) in [6.07, 6.45) is 0. The van der Waals surface area contributed by atoms with Crippen LogP contribution in [0, 0.1) is 22.7 Å². The van der Waals surface area contributed by atoms with Gasteiger partial charge in [0.25, 0.3) is 5.82 Å². The number of H-pyrrole nitrogens is 1. The molecule has 0 amide bonds. The minimum absolute atomic E-state index is 0.0403. The number of nitrogens with one attached hydrogen (secondary N) is 1. The van der Waals surface area contributed by atoms with Crippen LogP contribution in [0.15, 0.2) is 35.4 Å². The lowest BCUT2D eigenvalue weighted by molar-refractivity contribution is -0.410. The molecule has 0 unspecified atom stereocenters. The van der Waals surface area contributed by atoms with Crippen LogP contribution in [-0.4, -0.2) is 18.3 Å². The van der Waals surface area contributed by atoms with Gasteiger partial charge >= 0.3 is 5.97 Å². The van der Waals surface area contributed by atoms with E-state index < -0.39 is 0 Å². The molecule has 0 saturated heterocycles. The number of nitrogen functional groups attached to an aromatic ring is 1. The summed E-state index contributed by atoms with van der Waals surface area (Å²) >= 11 is 1.12. The van der Waals surface area contributed by atoms with E-state index >= 15 is 0 Å². The second-order valence-corrected chi connectivity index (χ2v) is 5.66. The van der Waals surface area contributed by atoms with E-state index in [1.54, 1.807) is 19.1 Å². The number of rotatable bonds is 5. The van der Waals surface area contributed by atoms with Gasteiger partial charge in [-0.05, 0) is 12.5 Å². The van der Waals surface area contributed by atoms with Crippen LogP contribution in [0.5, 0.6) is 0 Å². The molecular weight excluding hydrogens is 324 g/mol. The van der Waals surface area contributed by atoms with E-state index in [9.17, 15) is 15.3 Å². The number of nitrogens with two attached hydrogens (primary N) is 1. The fraction of sp³-hybridized carbons (Fsp3) is 0.176. The minimum Gasteiger partial charge on any atom is -0.465 e. The molecule has 0 spiro atoms. The van der Waals surface area contributed by atoms with E-state index in [4.69, 9.17) is 10.5 Å². The summed E-state index contributed by atoms with van der Waals surface area (Å²) < 4.78 is 4.89. The molecule has 0 aliphatic rings. The number of carbonyl (C=O) groups is 1. The monoisotopic (exact) mass is 339 g/mol. The fourth-order valence-electron chi connectivity index (χ4n) is 2.18. The Morgan fingerprint density at radius 3 is 2.50 bits per heavy atom. The number of benzene rings is 1. The standard InChI is InChI=1S/C17H14N4O2S/c1-2-23-14(22)10-24-17-13(9-19)15(11-6-4-3-5-7-11)12(8-18)16(20)21-17/h3-7H,2,10H2,1H3,(H2,20,21)/p+1. The zero-order valence-corrected chi connectivity index (χ0v) is 13.8. The van der Waals surface area contributed by atoms with E-state index in [0.29, 0.717) is 22.8 Å². The lowest BCUT2D eigenvalue weighted by Crippen LogP contribution is -2.19. The smallest absolute Gasteiger partial charge is 0.316 e. The molecule has 1 aromatic carbocycles. The Morgan fingerprint density at radius 2 is 1.92 bits per heavy atom. The highest BCUT2D eigenvalue weighted by molar-refractivity contribution is 7.99. The molecule has 0 saturated carbocycles. The lowest BCUT2D eigenvalue weighted by atomic mass is 9.97. The van der Waals surface area contributed by atoms with E-state index in [2.05, 4.69) is 11.1 Å². The van der Waals surface area contributed by atoms with Gasteiger partial charge in [0, 0.05) is 5.56 Å². The minimum atomic E-state index is -0.385. The number of anilines is 1. The average molecular weight is 339 g/mol. The number of hydrogen-bond acceptors (Lipinski definition) is 6. The van der Waals surface area contributed by atoms with Crippen molar-refractivity contribution in [3.63, 3.8) is 0 Å². The predicted octanol–water partition coefficient (Wildman–Crippen LogP) is 2.15. The van der Waals surface area contributed by atoms with Crippen molar-refractivity contribution in [2.75, 3.05) is 18.1 Å². The van der Waals surface area contributed by atoms with Gasteiger partial charge in [-0.1, -0.05) is 42.1 Å². The number of aromatic amines is 1. The molecule has 24 heavy (non-hydrogen) atoms. The van der Waals surface area contributed by atoms with Gasteiger partial charge in [0.15, 0.2) is 5.03 Å². The van der Waals surface area contributed by atoms with Crippen LogP contribution in [0.1, 0.15) is 18.1 Å². The third-order valence-corrected chi connectivity index (χ3v) is 4.15. The number of nitrogens with zero attached hydrogens (tertiary/aromatic N) is 2. The van der Waals surface area contributed by atoms with E-state index in [-0.39, 0.29) is 28.7 Å². The summed E-state index contributed by atoms with van der Waals surface area (Å²) in [5.41, 5.74) is 7.60.